The van der Waals surface area contributed by atoms with Crippen LogP contribution in [0.15, 0.2) is 16.6 Å². The van der Waals surface area contributed by atoms with E-state index in [1.54, 1.807) is 14.2 Å². The Balaban J connectivity index is 2.20. The first kappa shape index (κ1) is 14.0. The summed E-state index contributed by atoms with van der Waals surface area (Å²) in [6, 6.07) is 4.03. The Kier molecular flexibility index (Phi) is 4.76. The van der Waals surface area contributed by atoms with E-state index in [-0.39, 0.29) is 0 Å². The van der Waals surface area contributed by atoms with Crippen LogP contribution in [0.1, 0.15) is 12.8 Å². The van der Waals surface area contributed by atoms with Crippen molar-refractivity contribution in [2.45, 2.75) is 18.9 Å². The predicted molar refractivity (Wildman–Crippen MR) is 77.7 cm³/mol. The number of halogens is 2. The molecule has 0 radical (unpaired) electrons. The summed E-state index contributed by atoms with van der Waals surface area (Å²) in [6.45, 7) is 0.692. The lowest BCUT2D eigenvalue weighted by molar-refractivity contribution is 0.179. The number of benzene rings is 1. The Morgan fingerprint density at radius 1 is 1.44 bits per heavy atom. The third-order valence-corrected chi connectivity index (χ3v) is 3.90. The van der Waals surface area contributed by atoms with Crippen molar-refractivity contribution < 1.29 is 9.47 Å². The fourth-order valence-corrected chi connectivity index (χ4v) is 3.02. The molecule has 5 heteroatoms. The first-order valence-electron chi connectivity index (χ1n) is 5.94. The second-order valence-electron chi connectivity index (χ2n) is 4.51. The molecule has 0 bridgehead atoms. The van der Waals surface area contributed by atoms with E-state index in [1.165, 1.54) is 12.8 Å². The maximum Gasteiger partial charge on any atom is 0.156 e. The minimum Gasteiger partial charge on any atom is -0.493 e. The second kappa shape index (κ2) is 6.13. The fourth-order valence-electron chi connectivity index (χ4n) is 2.05. The number of hydrogen-bond donors (Lipinski definition) is 1. The van der Waals surface area contributed by atoms with E-state index in [2.05, 4.69) is 21.2 Å². The molecule has 2 rings (SSSR count). The van der Waals surface area contributed by atoms with Gasteiger partial charge in [-0.15, -0.1) is 0 Å². The van der Waals surface area contributed by atoms with Crippen LogP contribution in [0.4, 0.5) is 5.69 Å². The van der Waals surface area contributed by atoms with Crippen molar-refractivity contribution in [2.24, 2.45) is 5.92 Å². The van der Waals surface area contributed by atoms with Crippen LogP contribution >= 0.6 is 27.5 Å². The quantitative estimate of drug-likeness (QED) is 0.854. The lowest BCUT2D eigenvalue weighted by Gasteiger charge is -2.21. The van der Waals surface area contributed by atoms with Crippen LogP contribution in [0.3, 0.4) is 0 Å². The molecule has 0 aromatic heterocycles. The van der Waals surface area contributed by atoms with E-state index in [1.807, 2.05) is 12.1 Å². The molecule has 1 saturated carbocycles. The Bertz CT molecular complexity index is 424. The molecule has 1 aliphatic rings. The first-order chi connectivity index (χ1) is 8.65. The van der Waals surface area contributed by atoms with Gasteiger partial charge in [-0.05, 0) is 46.8 Å². The van der Waals surface area contributed by atoms with Crippen LogP contribution in [-0.2, 0) is 4.74 Å². The van der Waals surface area contributed by atoms with Crippen molar-refractivity contribution >= 4 is 33.2 Å². The molecule has 1 atom stereocenters. The van der Waals surface area contributed by atoms with Gasteiger partial charge in [0.2, 0.25) is 0 Å². The smallest absolute Gasteiger partial charge is 0.156 e. The Labute approximate surface area is 121 Å². The molecule has 0 heterocycles. The average Bonchev–Trinajstić information content (AvgIpc) is 3.11. The molecule has 18 heavy (non-hydrogen) atoms. The summed E-state index contributed by atoms with van der Waals surface area (Å²) in [4.78, 5) is 0. The van der Waals surface area contributed by atoms with E-state index >= 15 is 0 Å². The van der Waals surface area contributed by atoms with E-state index in [0.29, 0.717) is 23.6 Å². The van der Waals surface area contributed by atoms with Gasteiger partial charge in [-0.1, -0.05) is 11.6 Å². The van der Waals surface area contributed by atoms with Crippen molar-refractivity contribution in [3.05, 3.63) is 21.6 Å². The summed E-state index contributed by atoms with van der Waals surface area (Å²) >= 11 is 9.54. The van der Waals surface area contributed by atoms with Crippen LogP contribution in [0.2, 0.25) is 5.02 Å². The summed E-state index contributed by atoms with van der Waals surface area (Å²) in [5.74, 6) is 1.47. The zero-order chi connectivity index (χ0) is 13.1. The van der Waals surface area contributed by atoms with Gasteiger partial charge in [0.15, 0.2) is 5.75 Å². The lowest BCUT2D eigenvalue weighted by atomic mass is 10.1. The van der Waals surface area contributed by atoms with Gasteiger partial charge in [-0.2, -0.15) is 0 Å². The summed E-state index contributed by atoms with van der Waals surface area (Å²) < 4.78 is 11.5. The zero-order valence-electron chi connectivity index (χ0n) is 10.5. The van der Waals surface area contributed by atoms with Crippen LogP contribution in [0.25, 0.3) is 0 Å². The van der Waals surface area contributed by atoms with E-state index < -0.39 is 0 Å². The maximum absolute atomic E-state index is 6.08. The molecule has 0 saturated heterocycles. The van der Waals surface area contributed by atoms with Gasteiger partial charge in [-0.3, -0.25) is 0 Å². The molecule has 1 N–H and O–H groups in total. The topological polar surface area (TPSA) is 30.5 Å². The van der Waals surface area contributed by atoms with Gasteiger partial charge in [0.1, 0.15) is 0 Å². The van der Waals surface area contributed by atoms with Crippen LogP contribution in [-0.4, -0.2) is 26.9 Å². The number of rotatable bonds is 6. The van der Waals surface area contributed by atoms with Gasteiger partial charge >= 0.3 is 0 Å². The molecular formula is C13H17BrClNO2. The highest BCUT2D eigenvalue weighted by molar-refractivity contribution is 9.10. The predicted octanol–water partition coefficient (Wildman–Crippen LogP) is 3.95. The van der Waals surface area contributed by atoms with Gasteiger partial charge in [0.05, 0.1) is 29.9 Å². The highest BCUT2D eigenvalue weighted by atomic mass is 79.9. The minimum absolute atomic E-state index is 0.314. The fraction of sp³-hybridized carbons (Fsp3) is 0.538. The van der Waals surface area contributed by atoms with Gasteiger partial charge < -0.3 is 14.8 Å². The molecule has 0 aliphatic heterocycles. The van der Waals surface area contributed by atoms with Gasteiger partial charge in [0.25, 0.3) is 0 Å². The third kappa shape index (κ3) is 3.31. The summed E-state index contributed by atoms with van der Waals surface area (Å²) in [7, 11) is 3.38. The second-order valence-corrected chi connectivity index (χ2v) is 5.80. The standard InChI is InChI=1S/C13H17BrClNO2/c1-17-7-12(8-3-4-8)16-11-6-9(15)5-10(14)13(11)18-2/h5-6,8,12,16H,3-4,7H2,1-2H3. The van der Waals surface area contributed by atoms with Crippen molar-refractivity contribution in [3.8, 4) is 5.75 Å². The van der Waals surface area contributed by atoms with Gasteiger partial charge in [0, 0.05) is 12.1 Å². The molecule has 1 unspecified atom stereocenters. The number of nitrogens with one attached hydrogen (secondary N) is 1. The Hall–Kier alpha value is -0.450. The summed E-state index contributed by atoms with van der Waals surface area (Å²) in [5.41, 5.74) is 0.908. The van der Waals surface area contributed by atoms with E-state index in [9.17, 15) is 0 Å². The van der Waals surface area contributed by atoms with Crippen LogP contribution < -0.4 is 10.1 Å². The van der Waals surface area contributed by atoms with Gasteiger partial charge in [-0.25, -0.2) is 0 Å². The molecule has 100 valence electrons. The molecule has 1 aliphatic carbocycles. The summed E-state index contributed by atoms with van der Waals surface area (Å²) in [5, 5.41) is 4.16. The Morgan fingerprint density at radius 3 is 2.72 bits per heavy atom. The maximum atomic E-state index is 6.08. The number of ether oxygens (including phenoxy) is 2. The molecule has 1 aromatic carbocycles. The number of hydrogen-bond acceptors (Lipinski definition) is 3. The first-order valence-corrected chi connectivity index (χ1v) is 7.11. The number of methoxy groups -OCH3 is 2. The molecule has 1 fully saturated rings. The Morgan fingerprint density at radius 2 is 2.17 bits per heavy atom. The van der Waals surface area contributed by atoms with Crippen molar-refractivity contribution in [1.29, 1.82) is 0 Å². The van der Waals surface area contributed by atoms with Crippen molar-refractivity contribution in [1.82, 2.24) is 0 Å². The molecular weight excluding hydrogens is 318 g/mol. The van der Waals surface area contributed by atoms with Crippen molar-refractivity contribution in [3.63, 3.8) is 0 Å². The molecule has 0 spiro atoms. The third-order valence-electron chi connectivity index (χ3n) is 3.09. The van der Waals surface area contributed by atoms with E-state index in [4.69, 9.17) is 21.1 Å². The molecule has 0 amide bonds. The normalized spacial score (nSPS) is 16.4. The van der Waals surface area contributed by atoms with Crippen molar-refractivity contribution in [2.75, 3.05) is 26.1 Å². The average molecular weight is 335 g/mol. The largest absolute Gasteiger partial charge is 0.493 e. The summed E-state index contributed by atoms with van der Waals surface area (Å²) in [6.07, 6.45) is 2.51. The highest BCUT2D eigenvalue weighted by Gasteiger charge is 2.31. The zero-order valence-corrected chi connectivity index (χ0v) is 12.8. The van der Waals surface area contributed by atoms with Crippen LogP contribution in [0, 0.1) is 5.92 Å². The SMILES string of the molecule is COCC(Nc1cc(Cl)cc(Br)c1OC)C1CC1. The minimum atomic E-state index is 0.314. The monoisotopic (exact) mass is 333 g/mol. The van der Waals surface area contributed by atoms with E-state index in [0.717, 1.165) is 15.9 Å². The van der Waals surface area contributed by atoms with Crippen LogP contribution in [0.5, 0.6) is 5.75 Å². The molecule has 3 nitrogen and oxygen atoms in total. The lowest BCUT2D eigenvalue weighted by Crippen LogP contribution is -2.27. The molecule has 1 aromatic rings. The number of anilines is 1. The highest BCUT2D eigenvalue weighted by Crippen LogP contribution is 2.40.